The molecule has 1 saturated heterocycles. The van der Waals surface area contributed by atoms with E-state index in [9.17, 15) is 0 Å². The Morgan fingerprint density at radius 2 is 2.20 bits per heavy atom. The van der Waals surface area contributed by atoms with Crippen LogP contribution in [-0.2, 0) is 9.47 Å². The SMILES string of the molecule is C[C@H](CNc1ncnc2[nH]ncc12)CC1(C)OCCO1. The first kappa shape index (κ1) is 13.3. The predicted molar refractivity (Wildman–Crippen MR) is 74.3 cm³/mol. The number of nitrogens with one attached hydrogen (secondary N) is 2. The number of aromatic amines is 1. The second-order valence-electron chi connectivity index (χ2n) is 5.38. The molecule has 1 fully saturated rings. The summed E-state index contributed by atoms with van der Waals surface area (Å²) in [6, 6.07) is 0. The van der Waals surface area contributed by atoms with E-state index in [4.69, 9.17) is 9.47 Å². The van der Waals surface area contributed by atoms with Crippen molar-refractivity contribution >= 4 is 16.9 Å². The lowest BCUT2D eigenvalue weighted by Gasteiger charge is -2.26. The molecule has 0 radical (unpaired) electrons. The van der Waals surface area contributed by atoms with Gasteiger partial charge in [0, 0.05) is 13.0 Å². The second kappa shape index (κ2) is 5.34. The van der Waals surface area contributed by atoms with E-state index in [0.29, 0.717) is 19.1 Å². The quantitative estimate of drug-likeness (QED) is 0.862. The van der Waals surface area contributed by atoms with Gasteiger partial charge < -0.3 is 14.8 Å². The minimum absolute atomic E-state index is 0.398. The first-order chi connectivity index (χ1) is 9.66. The Morgan fingerprint density at radius 3 is 3.00 bits per heavy atom. The predicted octanol–water partition coefficient (Wildman–Crippen LogP) is 1.55. The van der Waals surface area contributed by atoms with Gasteiger partial charge in [-0.1, -0.05) is 6.92 Å². The number of nitrogens with zero attached hydrogens (tertiary/aromatic N) is 3. The zero-order chi connectivity index (χ0) is 14.0. The fourth-order valence-corrected chi connectivity index (χ4v) is 2.56. The summed E-state index contributed by atoms with van der Waals surface area (Å²) >= 11 is 0. The van der Waals surface area contributed by atoms with Gasteiger partial charge in [0.1, 0.15) is 12.1 Å². The highest BCUT2D eigenvalue weighted by Crippen LogP contribution is 2.27. The molecule has 7 nitrogen and oxygen atoms in total. The average molecular weight is 277 g/mol. The number of anilines is 1. The van der Waals surface area contributed by atoms with E-state index in [1.807, 2.05) is 6.92 Å². The maximum atomic E-state index is 5.63. The number of hydrogen-bond donors (Lipinski definition) is 2. The van der Waals surface area contributed by atoms with Gasteiger partial charge in [-0.2, -0.15) is 5.10 Å². The fourth-order valence-electron chi connectivity index (χ4n) is 2.56. The Balaban J connectivity index is 1.60. The standard InChI is InChI=1S/C13H19N5O2/c1-9(5-13(2)19-3-4-20-13)6-14-11-10-7-17-18-12(10)16-8-15-11/h7-9H,3-6H2,1-2H3,(H2,14,15,16,17,18)/t9-/m0/s1. The van der Waals surface area contributed by atoms with Crippen LogP contribution >= 0.6 is 0 Å². The van der Waals surface area contributed by atoms with Gasteiger partial charge in [-0.15, -0.1) is 0 Å². The molecule has 0 aromatic carbocycles. The summed E-state index contributed by atoms with van der Waals surface area (Å²) in [6.45, 7) is 6.31. The number of ether oxygens (including phenoxy) is 2. The topological polar surface area (TPSA) is 85.0 Å². The second-order valence-corrected chi connectivity index (χ2v) is 5.38. The lowest BCUT2D eigenvalue weighted by atomic mass is 10.0. The van der Waals surface area contributed by atoms with Crippen molar-refractivity contribution < 1.29 is 9.47 Å². The molecule has 20 heavy (non-hydrogen) atoms. The van der Waals surface area contributed by atoms with Crippen LogP contribution in [0.25, 0.3) is 11.0 Å². The molecule has 3 rings (SSSR count). The molecule has 2 aromatic rings. The van der Waals surface area contributed by atoms with Gasteiger partial charge in [0.15, 0.2) is 11.4 Å². The molecule has 108 valence electrons. The largest absolute Gasteiger partial charge is 0.369 e. The average Bonchev–Trinajstić information content (AvgIpc) is 3.05. The third-order valence-electron chi connectivity index (χ3n) is 3.48. The van der Waals surface area contributed by atoms with Crippen molar-refractivity contribution in [3.63, 3.8) is 0 Å². The number of hydrogen-bond acceptors (Lipinski definition) is 6. The first-order valence-corrected chi connectivity index (χ1v) is 6.82. The molecule has 1 aliphatic rings. The van der Waals surface area contributed by atoms with Gasteiger partial charge >= 0.3 is 0 Å². The van der Waals surface area contributed by atoms with Gasteiger partial charge in [-0.05, 0) is 12.8 Å². The van der Waals surface area contributed by atoms with Crippen molar-refractivity contribution in [1.29, 1.82) is 0 Å². The molecule has 7 heteroatoms. The van der Waals surface area contributed by atoms with Gasteiger partial charge in [-0.3, -0.25) is 5.10 Å². The number of H-pyrrole nitrogens is 1. The lowest BCUT2D eigenvalue weighted by Crippen LogP contribution is -2.30. The maximum absolute atomic E-state index is 5.63. The van der Waals surface area contributed by atoms with Crippen LogP contribution in [0.2, 0.25) is 0 Å². The summed E-state index contributed by atoms with van der Waals surface area (Å²) in [4.78, 5) is 8.37. The third kappa shape index (κ3) is 2.73. The van der Waals surface area contributed by atoms with E-state index in [1.54, 1.807) is 6.20 Å². The van der Waals surface area contributed by atoms with Crippen LogP contribution in [0, 0.1) is 5.92 Å². The Kier molecular flexibility index (Phi) is 3.54. The number of rotatable bonds is 5. The molecule has 0 bridgehead atoms. The van der Waals surface area contributed by atoms with Crippen LogP contribution < -0.4 is 5.32 Å². The molecule has 1 atom stereocenters. The maximum Gasteiger partial charge on any atom is 0.166 e. The van der Waals surface area contributed by atoms with Crippen molar-refractivity contribution in [2.24, 2.45) is 5.92 Å². The van der Waals surface area contributed by atoms with E-state index in [-0.39, 0.29) is 0 Å². The summed E-state index contributed by atoms with van der Waals surface area (Å²) in [5.41, 5.74) is 0.740. The number of fused-ring (bicyclic) bond motifs is 1. The Bertz CT molecular complexity index is 579. The molecule has 0 unspecified atom stereocenters. The van der Waals surface area contributed by atoms with Gasteiger partial charge in [0.2, 0.25) is 0 Å². The minimum atomic E-state index is -0.447. The summed E-state index contributed by atoms with van der Waals surface area (Å²) < 4.78 is 11.3. The normalized spacial score (nSPS) is 19.3. The molecule has 2 aromatic heterocycles. The van der Waals surface area contributed by atoms with Crippen molar-refractivity contribution in [1.82, 2.24) is 20.2 Å². The van der Waals surface area contributed by atoms with E-state index < -0.39 is 5.79 Å². The minimum Gasteiger partial charge on any atom is -0.369 e. The van der Waals surface area contributed by atoms with Crippen LogP contribution in [0.5, 0.6) is 0 Å². The lowest BCUT2D eigenvalue weighted by molar-refractivity contribution is -0.153. The molecule has 1 aliphatic heterocycles. The van der Waals surface area contributed by atoms with Crippen LogP contribution in [0.1, 0.15) is 20.3 Å². The van der Waals surface area contributed by atoms with E-state index in [2.05, 4.69) is 32.4 Å². The highest BCUT2D eigenvalue weighted by Gasteiger charge is 2.32. The van der Waals surface area contributed by atoms with Gasteiger partial charge in [0.05, 0.1) is 24.8 Å². The zero-order valence-corrected chi connectivity index (χ0v) is 11.7. The molecule has 0 amide bonds. The zero-order valence-electron chi connectivity index (χ0n) is 11.7. The third-order valence-corrected chi connectivity index (χ3v) is 3.48. The van der Waals surface area contributed by atoms with Crippen LogP contribution in [0.3, 0.4) is 0 Å². The summed E-state index contributed by atoms with van der Waals surface area (Å²) in [6.07, 6.45) is 4.10. The van der Waals surface area contributed by atoms with Crippen LogP contribution in [-0.4, -0.2) is 45.7 Å². The monoisotopic (exact) mass is 277 g/mol. The summed E-state index contributed by atoms with van der Waals surface area (Å²) in [5.74, 6) is 0.751. The smallest absolute Gasteiger partial charge is 0.166 e. The molecule has 0 spiro atoms. The fraction of sp³-hybridized carbons (Fsp3) is 0.615. The molecular formula is C13H19N5O2. The Morgan fingerprint density at radius 1 is 1.40 bits per heavy atom. The van der Waals surface area contributed by atoms with Crippen molar-refractivity contribution in [3.05, 3.63) is 12.5 Å². The highest BCUT2D eigenvalue weighted by molar-refractivity contribution is 5.85. The van der Waals surface area contributed by atoms with E-state index >= 15 is 0 Å². The molecule has 0 aliphatic carbocycles. The van der Waals surface area contributed by atoms with Gasteiger partial charge in [0.25, 0.3) is 0 Å². The number of aromatic nitrogens is 4. The highest BCUT2D eigenvalue weighted by atomic mass is 16.7. The molecular weight excluding hydrogens is 258 g/mol. The Hall–Kier alpha value is -1.73. The van der Waals surface area contributed by atoms with Crippen molar-refractivity contribution in [2.45, 2.75) is 26.1 Å². The van der Waals surface area contributed by atoms with Crippen LogP contribution in [0.4, 0.5) is 5.82 Å². The first-order valence-electron chi connectivity index (χ1n) is 6.82. The van der Waals surface area contributed by atoms with Crippen molar-refractivity contribution in [3.8, 4) is 0 Å². The van der Waals surface area contributed by atoms with Crippen molar-refractivity contribution in [2.75, 3.05) is 25.1 Å². The molecule has 2 N–H and O–H groups in total. The Labute approximate surface area is 117 Å². The summed E-state index contributed by atoms with van der Waals surface area (Å²) in [7, 11) is 0. The summed E-state index contributed by atoms with van der Waals surface area (Å²) in [5, 5.41) is 11.1. The van der Waals surface area contributed by atoms with Crippen LogP contribution in [0.15, 0.2) is 12.5 Å². The van der Waals surface area contributed by atoms with E-state index in [1.165, 1.54) is 6.33 Å². The molecule has 0 saturated carbocycles. The molecule has 3 heterocycles. The van der Waals surface area contributed by atoms with Gasteiger partial charge in [-0.25, -0.2) is 9.97 Å². The van der Waals surface area contributed by atoms with E-state index in [0.717, 1.165) is 29.8 Å².